The minimum absolute atomic E-state index is 0.170. The number of carbonyl (C=O) groups excluding carboxylic acids is 2. The lowest BCUT2D eigenvalue weighted by atomic mass is 9.90. The number of hydrogen-bond donors (Lipinski definition) is 2. The van der Waals surface area contributed by atoms with Gasteiger partial charge in [-0.1, -0.05) is 12.1 Å². The van der Waals surface area contributed by atoms with E-state index < -0.39 is 0 Å². The Morgan fingerprint density at radius 3 is 2.36 bits per heavy atom. The molecular formula is C17H23N3O2. The monoisotopic (exact) mass is 301 g/mol. The summed E-state index contributed by atoms with van der Waals surface area (Å²) in [4.78, 5) is 25.2. The number of nitrogens with zero attached hydrogens (tertiary/aromatic N) is 1. The maximum Gasteiger partial charge on any atom is 0.249 e. The van der Waals surface area contributed by atoms with E-state index in [1.165, 1.54) is 18.4 Å². The fraction of sp³-hybridized carbons (Fsp3) is 0.529. The molecule has 5 heteroatoms. The summed E-state index contributed by atoms with van der Waals surface area (Å²) in [5.41, 5.74) is 2.40. The van der Waals surface area contributed by atoms with Crippen LogP contribution in [0.5, 0.6) is 0 Å². The molecule has 5 nitrogen and oxygen atoms in total. The lowest BCUT2D eigenvalue weighted by molar-refractivity contribution is -0.134. The van der Waals surface area contributed by atoms with Crippen LogP contribution in [-0.4, -0.2) is 38.0 Å². The summed E-state index contributed by atoms with van der Waals surface area (Å²) in [6.07, 6.45) is 3.36. The molecule has 0 aliphatic carbocycles. The zero-order valence-electron chi connectivity index (χ0n) is 13.0. The quantitative estimate of drug-likeness (QED) is 0.828. The van der Waals surface area contributed by atoms with E-state index in [9.17, 15) is 9.59 Å². The Bertz CT molecular complexity index is 550. The number of benzene rings is 1. The van der Waals surface area contributed by atoms with E-state index in [0.717, 1.165) is 18.8 Å². The highest BCUT2D eigenvalue weighted by atomic mass is 16.2. The van der Waals surface area contributed by atoms with Gasteiger partial charge in [0.1, 0.15) is 6.04 Å². The topological polar surface area (TPSA) is 61.4 Å². The van der Waals surface area contributed by atoms with Crippen LogP contribution < -0.4 is 15.5 Å². The van der Waals surface area contributed by atoms with Gasteiger partial charge in [0, 0.05) is 19.2 Å². The number of carbonyl (C=O) groups is 2. The van der Waals surface area contributed by atoms with Gasteiger partial charge in [0.05, 0.1) is 0 Å². The maximum atomic E-state index is 12.0. The molecule has 0 spiro atoms. The Kier molecular flexibility index (Phi) is 4.43. The number of anilines is 1. The van der Waals surface area contributed by atoms with Crippen molar-refractivity contribution >= 4 is 17.5 Å². The van der Waals surface area contributed by atoms with E-state index in [0.29, 0.717) is 18.8 Å². The lowest BCUT2D eigenvalue weighted by Gasteiger charge is -2.31. The molecule has 2 fully saturated rings. The first-order chi connectivity index (χ1) is 10.6. The van der Waals surface area contributed by atoms with Crippen LogP contribution in [0.2, 0.25) is 0 Å². The molecule has 118 valence electrons. The molecule has 1 aromatic rings. The number of imide groups is 1. The number of amides is 2. The van der Waals surface area contributed by atoms with E-state index in [4.69, 9.17) is 0 Å². The van der Waals surface area contributed by atoms with Gasteiger partial charge in [0.15, 0.2) is 0 Å². The van der Waals surface area contributed by atoms with Crippen molar-refractivity contribution in [3.63, 3.8) is 0 Å². The summed E-state index contributed by atoms with van der Waals surface area (Å²) in [5.74, 6) is 0.272. The van der Waals surface area contributed by atoms with Gasteiger partial charge in [0.25, 0.3) is 0 Å². The summed E-state index contributed by atoms with van der Waals surface area (Å²) in [6, 6.07) is 8.26. The number of hydrogen-bond acceptors (Lipinski definition) is 4. The van der Waals surface area contributed by atoms with E-state index in [-0.39, 0.29) is 17.9 Å². The lowest BCUT2D eigenvalue weighted by Crippen LogP contribution is -2.51. The van der Waals surface area contributed by atoms with Gasteiger partial charge in [0.2, 0.25) is 11.8 Å². The molecule has 3 rings (SSSR count). The Hall–Kier alpha value is -1.88. The van der Waals surface area contributed by atoms with Gasteiger partial charge in [-0.3, -0.25) is 14.9 Å². The largest absolute Gasteiger partial charge is 0.363 e. The van der Waals surface area contributed by atoms with Crippen LogP contribution in [0.15, 0.2) is 24.3 Å². The highest BCUT2D eigenvalue weighted by molar-refractivity contribution is 6.01. The summed E-state index contributed by atoms with van der Waals surface area (Å²) < 4.78 is 0. The molecule has 2 aliphatic rings. The molecular weight excluding hydrogens is 278 g/mol. The van der Waals surface area contributed by atoms with E-state index in [1.807, 2.05) is 11.9 Å². The van der Waals surface area contributed by atoms with Crippen molar-refractivity contribution in [1.29, 1.82) is 0 Å². The van der Waals surface area contributed by atoms with Crippen molar-refractivity contribution in [2.75, 3.05) is 25.0 Å². The van der Waals surface area contributed by atoms with Crippen LogP contribution in [0.4, 0.5) is 5.69 Å². The van der Waals surface area contributed by atoms with E-state index in [1.54, 1.807) is 0 Å². The predicted molar refractivity (Wildman–Crippen MR) is 85.9 cm³/mol. The second-order valence-electron chi connectivity index (χ2n) is 6.19. The minimum Gasteiger partial charge on any atom is -0.363 e. The van der Waals surface area contributed by atoms with Gasteiger partial charge in [-0.25, -0.2) is 0 Å². The molecule has 2 amide bonds. The average Bonchev–Trinajstić information content (AvgIpc) is 2.55. The summed E-state index contributed by atoms with van der Waals surface area (Å²) in [7, 11) is 1.92. The molecule has 0 radical (unpaired) electrons. The van der Waals surface area contributed by atoms with E-state index in [2.05, 4.69) is 34.9 Å². The third kappa shape index (κ3) is 3.14. The van der Waals surface area contributed by atoms with Gasteiger partial charge in [-0.15, -0.1) is 0 Å². The van der Waals surface area contributed by atoms with Gasteiger partial charge in [-0.05, 0) is 56.0 Å². The van der Waals surface area contributed by atoms with Crippen molar-refractivity contribution in [2.24, 2.45) is 0 Å². The predicted octanol–water partition coefficient (Wildman–Crippen LogP) is 1.39. The SMILES string of the molecule is CN(c1ccc(C2CCNCC2)cc1)C1CCC(=O)NC1=O. The molecule has 22 heavy (non-hydrogen) atoms. The normalized spacial score (nSPS) is 23.2. The zero-order valence-corrected chi connectivity index (χ0v) is 13.0. The summed E-state index contributed by atoms with van der Waals surface area (Å²) in [5, 5.41) is 5.80. The Morgan fingerprint density at radius 2 is 1.73 bits per heavy atom. The Balaban J connectivity index is 1.69. The number of rotatable bonds is 3. The second kappa shape index (κ2) is 6.48. The summed E-state index contributed by atoms with van der Waals surface area (Å²) >= 11 is 0. The van der Waals surface area contributed by atoms with Crippen molar-refractivity contribution in [2.45, 2.75) is 37.6 Å². The average molecular weight is 301 g/mol. The fourth-order valence-electron chi connectivity index (χ4n) is 3.37. The first-order valence-corrected chi connectivity index (χ1v) is 8.02. The van der Waals surface area contributed by atoms with E-state index >= 15 is 0 Å². The fourth-order valence-corrected chi connectivity index (χ4v) is 3.37. The molecule has 1 atom stereocenters. The summed E-state index contributed by atoms with van der Waals surface area (Å²) in [6.45, 7) is 2.17. The number of piperidine rings is 2. The highest BCUT2D eigenvalue weighted by Crippen LogP contribution is 2.28. The molecule has 1 aromatic carbocycles. The van der Waals surface area contributed by atoms with Gasteiger partial charge >= 0.3 is 0 Å². The van der Waals surface area contributed by atoms with Crippen LogP contribution in [0.1, 0.15) is 37.2 Å². The smallest absolute Gasteiger partial charge is 0.249 e. The third-order valence-corrected chi connectivity index (χ3v) is 4.79. The van der Waals surface area contributed by atoms with Gasteiger partial charge in [-0.2, -0.15) is 0 Å². The van der Waals surface area contributed by atoms with Crippen molar-refractivity contribution in [1.82, 2.24) is 10.6 Å². The standard InChI is InChI=1S/C17H23N3O2/c1-20(15-6-7-16(21)19-17(15)22)14-4-2-12(3-5-14)13-8-10-18-11-9-13/h2-5,13,15,18H,6-11H2,1H3,(H,19,21,22). The molecule has 2 N–H and O–H groups in total. The molecule has 0 bridgehead atoms. The van der Waals surface area contributed by atoms with Crippen LogP contribution in [-0.2, 0) is 9.59 Å². The first-order valence-electron chi connectivity index (χ1n) is 8.02. The van der Waals surface area contributed by atoms with Crippen molar-refractivity contribution in [3.05, 3.63) is 29.8 Å². The molecule has 1 unspecified atom stereocenters. The second-order valence-corrected chi connectivity index (χ2v) is 6.19. The highest BCUT2D eigenvalue weighted by Gasteiger charge is 2.30. The number of likely N-dealkylation sites (N-methyl/N-ethyl adjacent to an activating group) is 1. The zero-order chi connectivity index (χ0) is 15.5. The van der Waals surface area contributed by atoms with Crippen molar-refractivity contribution in [3.8, 4) is 0 Å². The first kappa shape index (κ1) is 15.0. The Morgan fingerprint density at radius 1 is 1.05 bits per heavy atom. The molecule has 2 saturated heterocycles. The maximum absolute atomic E-state index is 12.0. The molecule has 2 heterocycles. The minimum atomic E-state index is -0.262. The number of nitrogens with one attached hydrogen (secondary N) is 2. The van der Waals surface area contributed by atoms with Crippen LogP contribution in [0.25, 0.3) is 0 Å². The molecule has 0 saturated carbocycles. The van der Waals surface area contributed by atoms with Crippen LogP contribution in [0, 0.1) is 0 Å². The van der Waals surface area contributed by atoms with Crippen LogP contribution in [0.3, 0.4) is 0 Å². The molecule has 2 aliphatic heterocycles. The molecule has 0 aromatic heterocycles. The Labute approximate surface area is 131 Å². The van der Waals surface area contributed by atoms with Gasteiger partial charge < -0.3 is 10.2 Å². The third-order valence-electron chi connectivity index (χ3n) is 4.79. The van der Waals surface area contributed by atoms with Crippen molar-refractivity contribution < 1.29 is 9.59 Å². The van der Waals surface area contributed by atoms with Crippen LogP contribution >= 0.6 is 0 Å².